The quantitative estimate of drug-likeness (QED) is 0.599. The summed E-state index contributed by atoms with van der Waals surface area (Å²) in [6, 6.07) is 0. The van der Waals surface area contributed by atoms with Gasteiger partial charge in [-0.3, -0.25) is 0 Å². The van der Waals surface area contributed by atoms with Crippen LogP contribution in [0.1, 0.15) is 12.8 Å². The first-order chi connectivity index (χ1) is 5.83. The average molecular weight is 168 g/mol. The Morgan fingerprint density at radius 3 is 2.00 bits per heavy atom. The molecule has 1 heterocycles. The van der Waals surface area contributed by atoms with Crippen LogP contribution in [0.2, 0.25) is 0 Å². The average Bonchev–Trinajstić information content (AvgIpc) is 2.07. The third kappa shape index (κ3) is 2.19. The molecule has 0 aromatic carbocycles. The second-order valence-corrected chi connectivity index (χ2v) is 3.30. The van der Waals surface area contributed by atoms with Crippen molar-refractivity contribution in [2.45, 2.75) is 12.8 Å². The van der Waals surface area contributed by atoms with Gasteiger partial charge in [0.15, 0.2) is 0 Å². The number of ether oxygens (including phenoxy) is 2. The summed E-state index contributed by atoms with van der Waals surface area (Å²) in [6.45, 7) is 9.41. The van der Waals surface area contributed by atoms with Crippen molar-refractivity contribution in [3.05, 3.63) is 25.3 Å². The molecule has 0 aromatic heterocycles. The Balaban J connectivity index is 2.55. The zero-order valence-electron chi connectivity index (χ0n) is 7.42. The summed E-state index contributed by atoms with van der Waals surface area (Å²) in [5.41, 5.74) is 0.0990. The molecule has 1 aliphatic heterocycles. The lowest BCUT2D eigenvalue weighted by atomic mass is 9.82. The summed E-state index contributed by atoms with van der Waals surface area (Å²) >= 11 is 0. The van der Waals surface area contributed by atoms with E-state index in [0.717, 1.165) is 26.1 Å². The second kappa shape index (κ2) is 4.43. The Labute approximate surface area is 73.9 Å². The van der Waals surface area contributed by atoms with E-state index in [2.05, 4.69) is 13.2 Å². The van der Waals surface area contributed by atoms with Gasteiger partial charge >= 0.3 is 0 Å². The van der Waals surface area contributed by atoms with Gasteiger partial charge in [-0.15, -0.1) is 13.2 Å². The highest BCUT2D eigenvalue weighted by molar-refractivity contribution is 4.92. The highest BCUT2D eigenvalue weighted by Gasteiger charge is 2.30. The number of allylic oxidation sites excluding steroid dienone is 2. The molecule has 1 fully saturated rings. The minimum absolute atomic E-state index is 0.0990. The van der Waals surface area contributed by atoms with Crippen molar-refractivity contribution in [3.8, 4) is 0 Å². The van der Waals surface area contributed by atoms with Crippen LogP contribution in [-0.4, -0.2) is 20.0 Å². The van der Waals surface area contributed by atoms with Gasteiger partial charge in [0.1, 0.15) is 6.79 Å². The Morgan fingerprint density at radius 2 is 1.58 bits per heavy atom. The van der Waals surface area contributed by atoms with E-state index in [0.29, 0.717) is 6.79 Å². The van der Waals surface area contributed by atoms with Crippen molar-refractivity contribution >= 4 is 0 Å². The summed E-state index contributed by atoms with van der Waals surface area (Å²) in [7, 11) is 0. The first-order valence-electron chi connectivity index (χ1n) is 4.20. The summed E-state index contributed by atoms with van der Waals surface area (Å²) in [5, 5.41) is 0. The SMILES string of the molecule is C=CCC1(CC=C)COCOC1. The molecule has 12 heavy (non-hydrogen) atoms. The van der Waals surface area contributed by atoms with Crippen molar-refractivity contribution in [1.82, 2.24) is 0 Å². The fraction of sp³-hybridized carbons (Fsp3) is 0.600. The fourth-order valence-corrected chi connectivity index (χ4v) is 1.55. The third-order valence-electron chi connectivity index (χ3n) is 2.14. The van der Waals surface area contributed by atoms with E-state index in [1.807, 2.05) is 12.2 Å². The van der Waals surface area contributed by atoms with Gasteiger partial charge in [0.25, 0.3) is 0 Å². The number of hydrogen-bond donors (Lipinski definition) is 0. The van der Waals surface area contributed by atoms with Crippen LogP contribution in [0.4, 0.5) is 0 Å². The third-order valence-corrected chi connectivity index (χ3v) is 2.14. The van der Waals surface area contributed by atoms with Crippen LogP contribution in [0.15, 0.2) is 25.3 Å². The molecule has 0 radical (unpaired) electrons. The van der Waals surface area contributed by atoms with Crippen LogP contribution in [-0.2, 0) is 9.47 Å². The maximum absolute atomic E-state index is 5.27. The van der Waals surface area contributed by atoms with Gasteiger partial charge in [-0.25, -0.2) is 0 Å². The standard InChI is InChI=1S/C10H16O2/c1-3-5-10(6-4-2)7-11-9-12-8-10/h3-4H,1-2,5-9H2. The molecule has 0 aromatic rings. The van der Waals surface area contributed by atoms with Crippen LogP contribution in [0.25, 0.3) is 0 Å². The van der Waals surface area contributed by atoms with E-state index in [1.54, 1.807) is 0 Å². The molecule has 2 heteroatoms. The lowest BCUT2D eigenvalue weighted by Crippen LogP contribution is -2.36. The van der Waals surface area contributed by atoms with E-state index in [4.69, 9.17) is 9.47 Å². The van der Waals surface area contributed by atoms with E-state index in [1.165, 1.54) is 0 Å². The maximum atomic E-state index is 5.27. The smallest absolute Gasteiger partial charge is 0.146 e. The van der Waals surface area contributed by atoms with Crippen molar-refractivity contribution in [2.75, 3.05) is 20.0 Å². The van der Waals surface area contributed by atoms with Crippen LogP contribution in [0.3, 0.4) is 0 Å². The highest BCUT2D eigenvalue weighted by Crippen LogP contribution is 2.30. The largest absolute Gasteiger partial charge is 0.355 e. The van der Waals surface area contributed by atoms with Crippen molar-refractivity contribution in [3.63, 3.8) is 0 Å². The lowest BCUT2D eigenvalue weighted by Gasteiger charge is -2.35. The van der Waals surface area contributed by atoms with Gasteiger partial charge in [0.2, 0.25) is 0 Å². The molecule has 0 bridgehead atoms. The monoisotopic (exact) mass is 168 g/mol. The second-order valence-electron chi connectivity index (χ2n) is 3.30. The van der Waals surface area contributed by atoms with Gasteiger partial charge in [-0.1, -0.05) is 12.2 Å². The lowest BCUT2D eigenvalue weighted by molar-refractivity contribution is -0.162. The molecule has 0 atom stereocenters. The van der Waals surface area contributed by atoms with Gasteiger partial charge in [-0.05, 0) is 12.8 Å². The molecule has 0 aliphatic carbocycles. The van der Waals surface area contributed by atoms with E-state index < -0.39 is 0 Å². The number of hydrogen-bond acceptors (Lipinski definition) is 2. The summed E-state index contributed by atoms with van der Waals surface area (Å²) in [6.07, 6.45) is 5.70. The molecule has 0 unspecified atom stereocenters. The topological polar surface area (TPSA) is 18.5 Å². The zero-order valence-corrected chi connectivity index (χ0v) is 7.42. The Hall–Kier alpha value is -0.600. The molecule has 0 amide bonds. The normalized spacial score (nSPS) is 21.7. The predicted octanol–water partition coefficient (Wildman–Crippen LogP) is 2.13. The Morgan fingerprint density at radius 1 is 1.08 bits per heavy atom. The Kier molecular flexibility index (Phi) is 3.50. The first kappa shape index (κ1) is 9.49. The van der Waals surface area contributed by atoms with Gasteiger partial charge < -0.3 is 9.47 Å². The summed E-state index contributed by atoms with van der Waals surface area (Å²) < 4.78 is 10.5. The summed E-state index contributed by atoms with van der Waals surface area (Å²) in [5.74, 6) is 0. The minimum Gasteiger partial charge on any atom is -0.355 e. The molecule has 2 nitrogen and oxygen atoms in total. The van der Waals surface area contributed by atoms with Gasteiger partial charge in [0, 0.05) is 5.41 Å². The van der Waals surface area contributed by atoms with E-state index in [-0.39, 0.29) is 5.41 Å². The van der Waals surface area contributed by atoms with Gasteiger partial charge in [0.05, 0.1) is 13.2 Å². The van der Waals surface area contributed by atoms with Gasteiger partial charge in [-0.2, -0.15) is 0 Å². The fourth-order valence-electron chi connectivity index (χ4n) is 1.55. The molecular weight excluding hydrogens is 152 g/mol. The molecule has 1 saturated heterocycles. The summed E-state index contributed by atoms with van der Waals surface area (Å²) in [4.78, 5) is 0. The van der Waals surface area contributed by atoms with Crippen LogP contribution in [0.5, 0.6) is 0 Å². The van der Waals surface area contributed by atoms with Crippen molar-refractivity contribution in [2.24, 2.45) is 5.41 Å². The molecule has 0 spiro atoms. The van der Waals surface area contributed by atoms with Crippen molar-refractivity contribution in [1.29, 1.82) is 0 Å². The highest BCUT2D eigenvalue weighted by atomic mass is 16.7. The van der Waals surface area contributed by atoms with E-state index in [9.17, 15) is 0 Å². The number of rotatable bonds is 4. The maximum Gasteiger partial charge on any atom is 0.146 e. The molecule has 1 rings (SSSR count). The molecule has 0 N–H and O–H groups in total. The minimum atomic E-state index is 0.0990. The molecule has 68 valence electrons. The molecule has 1 aliphatic rings. The Bertz CT molecular complexity index is 145. The predicted molar refractivity (Wildman–Crippen MR) is 48.8 cm³/mol. The first-order valence-corrected chi connectivity index (χ1v) is 4.20. The van der Waals surface area contributed by atoms with Crippen LogP contribution < -0.4 is 0 Å². The molecule has 0 saturated carbocycles. The van der Waals surface area contributed by atoms with Crippen LogP contribution >= 0.6 is 0 Å². The van der Waals surface area contributed by atoms with E-state index >= 15 is 0 Å². The molecular formula is C10H16O2. The zero-order chi connectivity index (χ0) is 8.86. The van der Waals surface area contributed by atoms with Crippen LogP contribution in [0, 0.1) is 5.41 Å². The van der Waals surface area contributed by atoms with Crippen molar-refractivity contribution < 1.29 is 9.47 Å².